The Hall–Kier alpha value is -4.03. The fraction of sp³-hybridized carbons (Fsp3) is 0.0385. The summed E-state index contributed by atoms with van der Waals surface area (Å²) in [6, 6.07) is 25.1. The second-order valence-electron chi connectivity index (χ2n) is 7.57. The summed E-state index contributed by atoms with van der Waals surface area (Å²) in [4.78, 5) is 20.4. The van der Waals surface area contributed by atoms with E-state index in [1.54, 1.807) is 6.08 Å². The number of hydrogen-bond acceptors (Lipinski definition) is 4. The first kappa shape index (κ1) is 19.9. The second kappa shape index (κ2) is 7.90. The van der Waals surface area contributed by atoms with Gasteiger partial charge in [-0.15, -0.1) is 0 Å². The number of benzene rings is 3. The Balaban J connectivity index is 1.75. The van der Waals surface area contributed by atoms with Crippen molar-refractivity contribution in [3.05, 3.63) is 116 Å². The number of aryl methyl sites for hydroxylation is 1. The van der Waals surface area contributed by atoms with E-state index in [0.29, 0.717) is 5.69 Å². The number of allylic oxidation sites excluding steroid dienone is 1. The van der Waals surface area contributed by atoms with Crippen LogP contribution in [0.25, 0.3) is 17.3 Å². The maximum absolute atomic E-state index is 12.9. The highest BCUT2D eigenvalue weighted by Crippen LogP contribution is 2.38. The third kappa shape index (κ3) is 3.40. The van der Waals surface area contributed by atoms with Crippen LogP contribution in [0.2, 0.25) is 0 Å². The van der Waals surface area contributed by atoms with Crippen LogP contribution in [0.15, 0.2) is 88.6 Å². The van der Waals surface area contributed by atoms with E-state index in [4.69, 9.17) is 17.2 Å². The molecule has 0 aliphatic carbocycles. The van der Waals surface area contributed by atoms with Crippen molar-refractivity contribution in [1.29, 1.82) is 0 Å². The monoisotopic (exact) mass is 437 g/mol. The first-order chi connectivity index (χ1) is 15.5. The molecule has 156 valence electrons. The summed E-state index contributed by atoms with van der Waals surface area (Å²) in [5.41, 5.74) is 5.50. The van der Waals surface area contributed by atoms with Gasteiger partial charge in [0.1, 0.15) is 5.56 Å². The highest BCUT2D eigenvalue weighted by molar-refractivity contribution is 7.71. The van der Waals surface area contributed by atoms with Gasteiger partial charge in [-0.2, -0.15) is 0 Å². The van der Waals surface area contributed by atoms with E-state index in [1.165, 1.54) is 4.57 Å². The van der Waals surface area contributed by atoms with Crippen LogP contribution < -0.4 is 5.56 Å². The van der Waals surface area contributed by atoms with E-state index >= 15 is 0 Å². The third-order valence-corrected chi connectivity index (χ3v) is 5.68. The van der Waals surface area contributed by atoms with Crippen LogP contribution in [-0.2, 0) is 0 Å². The maximum atomic E-state index is 12.9. The van der Waals surface area contributed by atoms with Crippen molar-refractivity contribution in [2.45, 2.75) is 6.92 Å². The number of nitrogens with one attached hydrogen (secondary N) is 1. The predicted molar refractivity (Wildman–Crippen MR) is 131 cm³/mol. The van der Waals surface area contributed by atoms with Gasteiger partial charge in [0.2, 0.25) is 5.88 Å². The average Bonchev–Trinajstić information content (AvgIpc) is 3.15. The smallest absolute Gasteiger partial charge is 0.262 e. The van der Waals surface area contributed by atoms with Crippen LogP contribution in [0.3, 0.4) is 0 Å². The number of para-hydroxylation sites is 1. The molecule has 32 heavy (non-hydrogen) atoms. The van der Waals surface area contributed by atoms with Gasteiger partial charge in [0, 0.05) is 16.7 Å². The summed E-state index contributed by atoms with van der Waals surface area (Å²) < 4.78 is 1.60. The molecule has 1 aromatic heterocycles. The van der Waals surface area contributed by atoms with Gasteiger partial charge in [0.25, 0.3) is 5.56 Å². The highest BCUT2D eigenvalue weighted by atomic mass is 32.1. The van der Waals surface area contributed by atoms with Crippen molar-refractivity contribution in [3.63, 3.8) is 0 Å². The molecule has 0 bridgehead atoms. The summed E-state index contributed by atoms with van der Waals surface area (Å²) in [7, 11) is 0. The van der Waals surface area contributed by atoms with Crippen LogP contribution in [0.1, 0.15) is 22.3 Å². The van der Waals surface area contributed by atoms with Crippen molar-refractivity contribution >= 4 is 35.3 Å². The molecular formula is C26H19N3O2S. The van der Waals surface area contributed by atoms with Gasteiger partial charge in [-0.1, -0.05) is 60.7 Å². The lowest BCUT2D eigenvalue weighted by Gasteiger charge is -2.13. The zero-order chi connectivity index (χ0) is 22.2. The minimum atomic E-state index is -0.458. The number of fused-ring (bicyclic) bond motifs is 1. The first-order valence-electron chi connectivity index (χ1n) is 10.1. The van der Waals surface area contributed by atoms with Crippen LogP contribution in [0.4, 0.5) is 5.69 Å². The van der Waals surface area contributed by atoms with E-state index < -0.39 is 5.56 Å². The molecule has 0 spiro atoms. The SMILES string of the molecule is Cc1cccc(-n2c(O)c(C=C3C(c4ccccc4)=Nc4ccccc43)c(=O)[nH]c2=S)c1. The number of aromatic hydroxyl groups is 1. The topological polar surface area (TPSA) is 70.4 Å². The van der Waals surface area contributed by atoms with E-state index in [0.717, 1.165) is 33.7 Å². The van der Waals surface area contributed by atoms with Gasteiger partial charge in [0.05, 0.1) is 17.1 Å². The van der Waals surface area contributed by atoms with E-state index in [2.05, 4.69) is 4.98 Å². The molecule has 6 heteroatoms. The molecule has 0 amide bonds. The van der Waals surface area contributed by atoms with Gasteiger partial charge in [-0.25, -0.2) is 4.99 Å². The van der Waals surface area contributed by atoms with Crippen LogP contribution in [0.5, 0.6) is 5.88 Å². The van der Waals surface area contributed by atoms with Gasteiger partial charge >= 0.3 is 0 Å². The Morgan fingerprint density at radius 2 is 1.75 bits per heavy atom. The van der Waals surface area contributed by atoms with Crippen LogP contribution in [-0.4, -0.2) is 20.4 Å². The lowest BCUT2D eigenvalue weighted by molar-refractivity contribution is 0.432. The van der Waals surface area contributed by atoms with Gasteiger partial charge in [-0.05, 0) is 49.0 Å². The number of aromatic nitrogens is 2. The molecule has 0 saturated heterocycles. The average molecular weight is 438 g/mol. The summed E-state index contributed by atoms with van der Waals surface area (Å²) in [6.07, 6.45) is 1.69. The molecule has 0 fully saturated rings. The van der Waals surface area contributed by atoms with Crippen LogP contribution in [0, 0.1) is 11.7 Å². The van der Waals surface area contributed by atoms with E-state index in [1.807, 2.05) is 85.8 Å². The second-order valence-corrected chi connectivity index (χ2v) is 7.96. The Bertz CT molecular complexity index is 1530. The van der Waals surface area contributed by atoms with Crippen LogP contribution >= 0.6 is 12.2 Å². The number of H-pyrrole nitrogens is 1. The molecule has 1 aliphatic rings. The van der Waals surface area contributed by atoms with Crippen molar-refractivity contribution < 1.29 is 5.11 Å². The molecule has 4 aromatic rings. The minimum Gasteiger partial charge on any atom is -0.494 e. The summed E-state index contributed by atoms with van der Waals surface area (Å²) in [5, 5.41) is 11.2. The fourth-order valence-electron chi connectivity index (χ4n) is 3.89. The molecule has 0 radical (unpaired) electrons. The lowest BCUT2D eigenvalue weighted by Crippen LogP contribution is -2.16. The Morgan fingerprint density at radius 1 is 1.00 bits per heavy atom. The largest absolute Gasteiger partial charge is 0.494 e. The summed E-state index contributed by atoms with van der Waals surface area (Å²) >= 11 is 5.36. The maximum Gasteiger partial charge on any atom is 0.262 e. The summed E-state index contributed by atoms with van der Waals surface area (Å²) in [6.45, 7) is 1.96. The van der Waals surface area contributed by atoms with Crippen molar-refractivity contribution in [2.24, 2.45) is 4.99 Å². The lowest BCUT2D eigenvalue weighted by atomic mass is 9.96. The standard InChI is InChI=1S/C26H19N3O2S/c1-16-8-7-11-18(14-16)29-25(31)21(24(30)28-26(29)32)15-20-19-12-5-6-13-22(19)27-23(20)17-9-3-2-4-10-17/h2-15,31H,1H3,(H,28,30,32). The Kier molecular flexibility index (Phi) is 4.92. The van der Waals surface area contributed by atoms with Gasteiger partial charge in [-0.3, -0.25) is 14.3 Å². The molecule has 2 heterocycles. The Morgan fingerprint density at radius 3 is 2.53 bits per heavy atom. The van der Waals surface area contributed by atoms with Crippen molar-refractivity contribution in [3.8, 4) is 11.6 Å². The minimum absolute atomic E-state index is 0.121. The quantitative estimate of drug-likeness (QED) is 0.411. The van der Waals surface area contributed by atoms with Crippen molar-refractivity contribution in [1.82, 2.24) is 9.55 Å². The Labute approximate surface area is 189 Å². The van der Waals surface area contributed by atoms with Gasteiger partial charge < -0.3 is 5.11 Å². The fourth-order valence-corrected chi connectivity index (χ4v) is 4.17. The van der Waals surface area contributed by atoms with Gasteiger partial charge in [0.15, 0.2) is 4.77 Å². The number of nitrogens with zero attached hydrogens (tertiary/aromatic N) is 2. The number of aromatic amines is 1. The number of hydrogen-bond donors (Lipinski definition) is 2. The number of rotatable bonds is 3. The molecule has 0 atom stereocenters. The first-order valence-corrected chi connectivity index (χ1v) is 10.5. The van der Waals surface area contributed by atoms with Crippen molar-refractivity contribution in [2.75, 3.05) is 0 Å². The molecule has 5 rings (SSSR count). The predicted octanol–water partition coefficient (Wildman–Crippen LogP) is 5.58. The normalized spacial score (nSPS) is 13.8. The molecule has 0 saturated carbocycles. The molecule has 3 aromatic carbocycles. The zero-order valence-electron chi connectivity index (χ0n) is 17.2. The molecule has 1 aliphatic heterocycles. The summed E-state index contributed by atoms with van der Waals surface area (Å²) in [5.74, 6) is -0.214. The molecular weight excluding hydrogens is 418 g/mol. The highest BCUT2D eigenvalue weighted by Gasteiger charge is 2.23. The van der Waals surface area contributed by atoms with E-state index in [9.17, 15) is 9.90 Å². The number of aliphatic imine (C=N–C) groups is 1. The zero-order valence-corrected chi connectivity index (χ0v) is 18.1. The molecule has 2 N–H and O–H groups in total. The van der Waals surface area contributed by atoms with E-state index in [-0.39, 0.29) is 16.2 Å². The molecule has 5 nitrogen and oxygen atoms in total. The molecule has 0 unspecified atom stereocenters. The third-order valence-electron chi connectivity index (χ3n) is 5.40.